The van der Waals surface area contributed by atoms with Gasteiger partial charge in [0.1, 0.15) is 5.82 Å². The maximum Gasteiger partial charge on any atom is 0.416 e. The van der Waals surface area contributed by atoms with Crippen LogP contribution in [0, 0.1) is 5.82 Å². The zero-order chi connectivity index (χ0) is 15.5. The second kappa shape index (κ2) is 6.26. The molecule has 0 fully saturated rings. The van der Waals surface area contributed by atoms with Gasteiger partial charge in [0, 0.05) is 6.04 Å². The van der Waals surface area contributed by atoms with Gasteiger partial charge in [0.05, 0.1) is 5.56 Å². The molecule has 0 aliphatic carbocycles. The first-order valence-corrected chi connectivity index (χ1v) is 6.51. The highest BCUT2D eigenvalue weighted by Crippen LogP contribution is 2.29. The van der Waals surface area contributed by atoms with Crippen molar-refractivity contribution in [3.8, 4) is 0 Å². The quantitative estimate of drug-likeness (QED) is 0.849. The Hall–Kier alpha value is -1.88. The molecule has 1 nitrogen and oxygen atoms in total. The molecule has 0 saturated carbocycles. The topological polar surface area (TPSA) is 26.0 Å². The summed E-state index contributed by atoms with van der Waals surface area (Å²) in [4.78, 5) is 0. The minimum absolute atomic E-state index is 0.320. The molecule has 1 unspecified atom stereocenters. The Bertz CT molecular complexity index is 590. The monoisotopic (exact) mass is 297 g/mol. The van der Waals surface area contributed by atoms with E-state index in [1.807, 2.05) is 0 Å². The van der Waals surface area contributed by atoms with Crippen molar-refractivity contribution in [3.05, 3.63) is 71.0 Å². The first-order chi connectivity index (χ1) is 9.84. The molecule has 21 heavy (non-hydrogen) atoms. The summed E-state index contributed by atoms with van der Waals surface area (Å²) in [5, 5.41) is 0. The lowest BCUT2D eigenvalue weighted by Crippen LogP contribution is -2.25. The van der Waals surface area contributed by atoms with Crippen LogP contribution in [0.4, 0.5) is 17.6 Å². The molecule has 0 saturated heterocycles. The fraction of sp³-hybridized carbons (Fsp3) is 0.250. The normalized spacial score (nSPS) is 13.2. The molecular formula is C16H15F4N. The molecule has 0 aliphatic rings. The van der Waals surface area contributed by atoms with Gasteiger partial charge in [0.2, 0.25) is 0 Å². The Kier molecular flexibility index (Phi) is 4.63. The van der Waals surface area contributed by atoms with Crippen molar-refractivity contribution in [2.45, 2.75) is 25.1 Å². The fourth-order valence-corrected chi connectivity index (χ4v) is 2.17. The zero-order valence-corrected chi connectivity index (χ0v) is 11.2. The number of hydrogen-bond donors (Lipinski definition) is 1. The average Bonchev–Trinajstić information content (AvgIpc) is 2.41. The molecule has 0 spiro atoms. The lowest BCUT2D eigenvalue weighted by Gasteiger charge is -2.13. The Morgan fingerprint density at radius 1 is 0.905 bits per heavy atom. The van der Waals surface area contributed by atoms with Gasteiger partial charge in [-0.2, -0.15) is 13.2 Å². The van der Waals surface area contributed by atoms with Gasteiger partial charge >= 0.3 is 6.18 Å². The van der Waals surface area contributed by atoms with E-state index in [0.717, 1.165) is 17.7 Å². The lowest BCUT2D eigenvalue weighted by molar-refractivity contribution is -0.137. The number of hydrogen-bond acceptors (Lipinski definition) is 1. The molecule has 2 aromatic rings. The van der Waals surface area contributed by atoms with Crippen molar-refractivity contribution in [2.24, 2.45) is 5.73 Å². The van der Waals surface area contributed by atoms with Crippen LogP contribution in [0.15, 0.2) is 48.5 Å². The summed E-state index contributed by atoms with van der Waals surface area (Å²) in [7, 11) is 0. The van der Waals surface area contributed by atoms with E-state index in [9.17, 15) is 17.6 Å². The third-order valence-corrected chi connectivity index (χ3v) is 3.16. The molecule has 2 aromatic carbocycles. The van der Waals surface area contributed by atoms with Gasteiger partial charge in [-0.15, -0.1) is 0 Å². The highest BCUT2D eigenvalue weighted by atomic mass is 19.4. The largest absolute Gasteiger partial charge is 0.416 e. The van der Waals surface area contributed by atoms with Crippen molar-refractivity contribution < 1.29 is 17.6 Å². The summed E-state index contributed by atoms with van der Waals surface area (Å²) in [5.74, 6) is -0.329. The van der Waals surface area contributed by atoms with E-state index in [-0.39, 0.29) is 11.9 Å². The van der Waals surface area contributed by atoms with E-state index >= 15 is 0 Å². The lowest BCUT2D eigenvalue weighted by atomic mass is 9.98. The summed E-state index contributed by atoms with van der Waals surface area (Å²) in [6, 6.07) is 10.8. The molecule has 1 atom stereocenters. The van der Waals surface area contributed by atoms with Crippen LogP contribution in [0.25, 0.3) is 0 Å². The maximum atomic E-state index is 12.8. The minimum Gasteiger partial charge on any atom is -0.327 e. The van der Waals surface area contributed by atoms with Gasteiger partial charge in [-0.3, -0.25) is 0 Å². The van der Waals surface area contributed by atoms with Crippen LogP contribution in [0.3, 0.4) is 0 Å². The van der Waals surface area contributed by atoms with E-state index in [1.165, 1.54) is 18.2 Å². The fourth-order valence-electron chi connectivity index (χ4n) is 2.17. The van der Waals surface area contributed by atoms with Crippen LogP contribution in [-0.2, 0) is 19.0 Å². The van der Waals surface area contributed by atoms with Gasteiger partial charge in [0.15, 0.2) is 0 Å². The third kappa shape index (κ3) is 4.56. The summed E-state index contributed by atoms with van der Waals surface area (Å²) in [6.07, 6.45) is -3.53. The Morgan fingerprint density at radius 2 is 1.52 bits per heavy atom. The van der Waals surface area contributed by atoms with Crippen LogP contribution in [0.5, 0.6) is 0 Å². The van der Waals surface area contributed by atoms with Crippen LogP contribution in [-0.4, -0.2) is 6.04 Å². The molecule has 0 amide bonds. The summed E-state index contributed by atoms with van der Waals surface area (Å²) >= 11 is 0. The zero-order valence-electron chi connectivity index (χ0n) is 11.2. The number of nitrogens with two attached hydrogens (primary N) is 1. The molecule has 112 valence electrons. The number of halogens is 4. The Labute approximate surface area is 120 Å². The third-order valence-electron chi connectivity index (χ3n) is 3.16. The van der Waals surface area contributed by atoms with Crippen LogP contribution in [0.2, 0.25) is 0 Å². The van der Waals surface area contributed by atoms with Crippen molar-refractivity contribution in [3.63, 3.8) is 0 Å². The molecule has 5 heteroatoms. The second-order valence-electron chi connectivity index (χ2n) is 4.99. The van der Waals surface area contributed by atoms with Gasteiger partial charge < -0.3 is 5.73 Å². The molecule has 2 N–H and O–H groups in total. The van der Waals surface area contributed by atoms with Crippen molar-refractivity contribution in [1.29, 1.82) is 0 Å². The Balaban J connectivity index is 2.02. The van der Waals surface area contributed by atoms with Gasteiger partial charge in [-0.25, -0.2) is 4.39 Å². The van der Waals surface area contributed by atoms with Gasteiger partial charge in [-0.05, 0) is 42.2 Å². The van der Waals surface area contributed by atoms with Crippen LogP contribution in [0.1, 0.15) is 16.7 Å². The van der Waals surface area contributed by atoms with Gasteiger partial charge in [0.25, 0.3) is 0 Å². The smallest absolute Gasteiger partial charge is 0.327 e. The highest BCUT2D eigenvalue weighted by Gasteiger charge is 2.30. The van der Waals surface area contributed by atoms with Crippen molar-refractivity contribution in [1.82, 2.24) is 0 Å². The minimum atomic E-state index is -4.35. The van der Waals surface area contributed by atoms with Crippen LogP contribution >= 0.6 is 0 Å². The molecule has 0 aromatic heterocycles. The second-order valence-corrected chi connectivity index (χ2v) is 4.99. The number of alkyl halides is 3. The molecule has 0 heterocycles. The molecule has 0 radical (unpaired) electrons. The molecule has 2 rings (SSSR count). The molecule has 0 aliphatic heterocycles. The van der Waals surface area contributed by atoms with E-state index in [4.69, 9.17) is 5.73 Å². The molecular weight excluding hydrogens is 282 g/mol. The first-order valence-electron chi connectivity index (χ1n) is 6.51. The van der Waals surface area contributed by atoms with Crippen molar-refractivity contribution >= 4 is 0 Å². The van der Waals surface area contributed by atoms with E-state index in [2.05, 4.69) is 0 Å². The predicted molar refractivity (Wildman–Crippen MR) is 73.2 cm³/mol. The van der Waals surface area contributed by atoms with Gasteiger partial charge in [-0.1, -0.05) is 30.3 Å². The van der Waals surface area contributed by atoms with E-state index in [0.29, 0.717) is 18.4 Å². The summed E-state index contributed by atoms with van der Waals surface area (Å²) in [5.41, 5.74) is 6.69. The first kappa shape index (κ1) is 15.5. The Morgan fingerprint density at radius 3 is 2.14 bits per heavy atom. The average molecular weight is 297 g/mol. The highest BCUT2D eigenvalue weighted by molar-refractivity contribution is 5.27. The SMILES string of the molecule is NC(Cc1ccc(F)cc1)Cc1cccc(C(F)(F)F)c1. The number of rotatable bonds is 4. The maximum absolute atomic E-state index is 12.8. The summed E-state index contributed by atoms with van der Waals surface area (Å²) < 4.78 is 50.7. The van der Waals surface area contributed by atoms with E-state index < -0.39 is 11.7 Å². The van der Waals surface area contributed by atoms with Crippen LogP contribution < -0.4 is 5.73 Å². The number of benzene rings is 2. The molecule has 0 bridgehead atoms. The van der Waals surface area contributed by atoms with Crippen molar-refractivity contribution in [2.75, 3.05) is 0 Å². The standard InChI is InChI=1S/C16H15F4N/c17-14-6-4-11(5-7-14)9-15(21)10-12-2-1-3-13(8-12)16(18,19)20/h1-8,15H,9-10,21H2. The van der Waals surface area contributed by atoms with E-state index in [1.54, 1.807) is 18.2 Å². The summed E-state index contributed by atoms with van der Waals surface area (Å²) in [6.45, 7) is 0. The predicted octanol–water partition coefficient (Wildman–Crippen LogP) is 3.96.